The number of hydrogen-bond acceptors (Lipinski definition) is 6. The Morgan fingerprint density at radius 1 is 1.23 bits per heavy atom. The quantitative estimate of drug-likeness (QED) is 0.744. The average molecular weight is 329 g/mol. The predicted octanol–water partition coefficient (Wildman–Crippen LogP) is 3.21. The molecular formula is C16H27NO4S. The SMILES string of the molecule is CCOC(=O)C1N=C(C)C(C(=O)OC(C)(C)C)(C(C)(C)C)S1. The molecule has 1 heterocycles. The highest BCUT2D eigenvalue weighted by molar-refractivity contribution is 8.03. The first-order valence-electron chi connectivity index (χ1n) is 7.48. The Balaban J connectivity index is 3.20. The number of esters is 2. The number of nitrogens with zero attached hydrogens (tertiary/aromatic N) is 1. The average Bonchev–Trinajstić information content (AvgIpc) is 2.65. The number of ether oxygens (including phenoxy) is 2. The van der Waals surface area contributed by atoms with E-state index in [-0.39, 0.29) is 5.97 Å². The minimum atomic E-state index is -0.988. The van der Waals surface area contributed by atoms with Crippen molar-refractivity contribution < 1.29 is 19.1 Å². The molecule has 1 aliphatic heterocycles. The van der Waals surface area contributed by atoms with Crippen LogP contribution in [0.1, 0.15) is 55.4 Å². The largest absolute Gasteiger partial charge is 0.464 e. The second-order valence-corrected chi connectivity index (χ2v) is 8.66. The van der Waals surface area contributed by atoms with Gasteiger partial charge >= 0.3 is 11.9 Å². The smallest absolute Gasteiger partial charge is 0.341 e. The van der Waals surface area contributed by atoms with Crippen LogP contribution in [0.2, 0.25) is 0 Å². The lowest BCUT2D eigenvalue weighted by molar-refractivity contribution is -0.158. The maximum atomic E-state index is 12.9. The fraction of sp³-hybridized carbons (Fsp3) is 0.812. The van der Waals surface area contributed by atoms with Crippen LogP contribution in [-0.2, 0) is 19.1 Å². The highest BCUT2D eigenvalue weighted by atomic mass is 32.2. The van der Waals surface area contributed by atoms with Crippen LogP contribution in [-0.4, -0.2) is 40.0 Å². The van der Waals surface area contributed by atoms with Crippen LogP contribution in [0.25, 0.3) is 0 Å². The molecule has 2 unspecified atom stereocenters. The van der Waals surface area contributed by atoms with Crippen molar-refractivity contribution in [2.24, 2.45) is 10.4 Å². The van der Waals surface area contributed by atoms with E-state index in [0.29, 0.717) is 12.3 Å². The van der Waals surface area contributed by atoms with E-state index in [9.17, 15) is 9.59 Å². The molecule has 0 saturated heterocycles. The Labute approximate surface area is 137 Å². The summed E-state index contributed by atoms with van der Waals surface area (Å²) in [6.07, 6.45) is 0. The normalized spacial score (nSPS) is 25.6. The maximum absolute atomic E-state index is 12.9. The predicted molar refractivity (Wildman–Crippen MR) is 89.2 cm³/mol. The highest BCUT2D eigenvalue weighted by Crippen LogP contribution is 2.51. The first-order chi connectivity index (χ1) is 9.85. The van der Waals surface area contributed by atoms with Gasteiger partial charge in [-0.3, -0.25) is 9.79 Å². The van der Waals surface area contributed by atoms with Gasteiger partial charge in [-0.2, -0.15) is 0 Å². The lowest BCUT2D eigenvalue weighted by Crippen LogP contribution is -2.53. The third kappa shape index (κ3) is 3.65. The molecule has 0 aromatic heterocycles. The van der Waals surface area contributed by atoms with E-state index in [1.807, 2.05) is 41.5 Å². The first-order valence-corrected chi connectivity index (χ1v) is 8.36. The summed E-state index contributed by atoms with van der Waals surface area (Å²) in [6, 6.07) is 0. The van der Waals surface area contributed by atoms with Gasteiger partial charge in [0.2, 0.25) is 0 Å². The number of carbonyl (C=O) groups is 2. The van der Waals surface area contributed by atoms with Crippen LogP contribution < -0.4 is 0 Å². The van der Waals surface area contributed by atoms with Crippen LogP contribution in [0.15, 0.2) is 4.99 Å². The van der Waals surface area contributed by atoms with Crippen molar-refractivity contribution in [2.45, 2.75) is 71.1 Å². The van der Waals surface area contributed by atoms with Gasteiger partial charge in [0.1, 0.15) is 5.60 Å². The molecule has 0 saturated carbocycles. The summed E-state index contributed by atoms with van der Waals surface area (Å²) in [5.74, 6) is -0.771. The molecule has 0 N–H and O–H groups in total. The fourth-order valence-electron chi connectivity index (χ4n) is 2.43. The van der Waals surface area contributed by atoms with Gasteiger partial charge < -0.3 is 9.47 Å². The molecule has 0 radical (unpaired) electrons. The minimum absolute atomic E-state index is 0.291. The zero-order chi connectivity index (χ0) is 17.3. The van der Waals surface area contributed by atoms with Crippen molar-refractivity contribution in [3.8, 4) is 0 Å². The molecule has 0 aromatic rings. The molecule has 5 nitrogen and oxygen atoms in total. The monoisotopic (exact) mass is 329 g/mol. The Hall–Kier alpha value is -1.04. The molecule has 0 spiro atoms. The lowest BCUT2D eigenvalue weighted by atomic mass is 9.77. The number of aliphatic imine (C=N–C) groups is 1. The van der Waals surface area contributed by atoms with Gasteiger partial charge in [-0.15, -0.1) is 0 Å². The third-order valence-electron chi connectivity index (χ3n) is 3.34. The molecule has 1 aliphatic rings. The zero-order valence-corrected chi connectivity index (χ0v) is 15.6. The van der Waals surface area contributed by atoms with Crippen molar-refractivity contribution in [2.75, 3.05) is 6.61 Å². The molecule has 2 atom stereocenters. The summed E-state index contributed by atoms with van der Waals surface area (Å²) in [4.78, 5) is 29.3. The summed E-state index contributed by atoms with van der Waals surface area (Å²) in [6.45, 7) is 15.2. The van der Waals surface area contributed by atoms with Crippen molar-refractivity contribution in [3.05, 3.63) is 0 Å². The standard InChI is InChI=1S/C16H27NO4S/c1-9-20-12(18)11-17-10(2)16(22-11,14(3,4)5)13(19)21-15(6,7)8/h11H,9H2,1-8H3. The van der Waals surface area contributed by atoms with Crippen LogP contribution in [0.5, 0.6) is 0 Å². The molecule has 0 aliphatic carbocycles. The van der Waals surface area contributed by atoms with Crippen molar-refractivity contribution >= 4 is 29.4 Å². The molecule has 22 heavy (non-hydrogen) atoms. The fourth-order valence-corrected chi connectivity index (χ4v) is 3.86. The third-order valence-corrected chi connectivity index (χ3v) is 5.29. The van der Waals surface area contributed by atoms with Gasteiger partial charge in [0, 0.05) is 5.71 Å². The Bertz CT molecular complexity index is 487. The van der Waals surface area contributed by atoms with Gasteiger partial charge in [-0.1, -0.05) is 32.5 Å². The van der Waals surface area contributed by atoms with Crippen LogP contribution >= 0.6 is 11.8 Å². The number of rotatable bonds is 3. The number of thioether (sulfide) groups is 1. The van der Waals surface area contributed by atoms with Gasteiger partial charge in [-0.05, 0) is 40.0 Å². The van der Waals surface area contributed by atoms with E-state index in [2.05, 4.69) is 4.99 Å². The maximum Gasteiger partial charge on any atom is 0.341 e. The summed E-state index contributed by atoms with van der Waals surface area (Å²) in [5.41, 5.74) is -0.440. The van der Waals surface area contributed by atoms with Crippen molar-refractivity contribution in [1.29, 1.82) is 0 Å². The summed E-state index contributed by atoms with van der Waals surface area (Å²) in [5, 5.41) is -0.716. The van der Waals surface area contributed by atoms with Crippen LogP contribution in [0, 0.1) is 5.41 Å². The minimum Gasteiger partial charge on any atom is -0.464 e. The molecule has 126 valence electrons. The number of carbonyl (C=O) groups excluding carboxylic acids is 2. The zero-order valence-electron chi connectivity index (χ0n) is 14.8. The van der Waals surface area contributed by atoms with Crippen molar-refractivity contribution in [3.63, 3.8) is 0 Å². The topological polar surface area (TPSA) is 65.0 Å². The van der Waals surface area contributed by atoms with E-state index in [4.69, 9.17) is 9.47 Å². The second kappa shape index (κ2) is 6.22. The summed E-state index contributed by atoms with van der Waals surface area (Å²) < 4.78 is 9.67. The molecular weight excluding hydrogens is 302 g/mol. The van der Waals surface area contributed by atoms with Gasteiger partial charge in [0.25, 0.3) is 0 Å². The van der Waals surface area contributed by atoms with Gasteiger partial charge in [0.15, 0.2) is 10.1 Å². The highest BCUT2D eigenvalue weighted by Gasteiger charge is 2.59. The van der Waals surface area contributed by atoms with Crippen molar-refractivity contribution in [1.82, 2.24) is 0 Å². The molecule has 1 rings (SSSR count). The van der Waals surface area contributed by atoms with Crippen LogP contribution in [0.3, 0.4) is 0 Å². The van der Waals surface area contributed by atoms with E-state index in [1.54, 1.807) is 13.8 Å². The Morgan fingerprint density at radius 3 is 2.18 bits per heavy atom. The summed E-state index contributed by atoms with van der Waals surface area (Å²) >= 11 is 1.22. The van der Waals surface area contributed by atoms with E-state index in [0.717, 1.165) is 0 Å². The summed E-state index contributed by atoms with van der Waals surface area (Å²) in [7, 11) is 0. The van der Waals surface area contributed by atoms with E-state index < -0.39 is 27.1 Å². The van der Waals surface area contributed by atoms with Gasteiger partial charge in [-0.25, -0.2) is 4.79 Å². The van der Waals surface area contributed by atoms with E-state index in [1.165, 1.54) is 11.8 Å². The number of hydrogen-bond donors (Lipinski definition) is 0. The Morgan fingerprint density at radius 2 is 1.77 bits per heavy atom. The molecule has 0 amide bonds. The Kier molecular flexibility index (Phi) is 5.38. The second-order valence-electron chi connectivity index (χ2n) is 7.37. The molecule has 0 fully saturated rings. The first kappa shape index (κ1) is 19.0. The molecule has 0 aromatic carbocycles. The van der Waals surface area contributed by atoms with Crippen LogP contribution in [0.4, 0.5) is 0 Å². The lowest BCUT2D eigenvalue weighted by Gasteiger charge is -2.40. The van der Waals surface area contributed by atoms with Gasteiger partial charge in [0.05, 0.1) is 6.61 Å². The molecule has 6 heteroatoms. The molecule has 0 bridgehead atoms. The van der Waals surface area contributed by atoms with E-state index >= 15 is 0 Å².